The number of aryl methyl sites for hydroxylation is 1. The van der Waals surface area contributed by atoms with Crippen LogP contribution in [-0.4, -0.2) is 66.5 Å². The van der Waals surface area contributed by atoms with E-state index in [1.165, 1.54) is 25.3 Å². The number of hydrogen-bond donors (Lipinski definition) is 3. The van der Waals surface area contributed by atoms with Gasteiger partial charge in [0.1, 0.15) is 40.4 Å². The van der Waals surface area contributed by atoms with Gasteiger partial charge in [0.2, 0.25) is 6.29 Å². The summed E-state index contributed by atoms with van der Waals surface area (Å²) in [6, 6.07) is 16.3. The fourth-order valence-electron chi connectivity index (χ4n) is 5.55. The summed E-state index contributed by atoms with van der Waals surface area (Å²) in [5.41, 5.74) is 3.54. The molecule has 1 saturated heterocycles. The van der Waals surface area contributed by atoms with Crippen LogP contribution in [0.1, 0.15) is 35.3 Å². The fraction of sp³-hybridized carbons (Fsp3) is 0.324. The molecule has 3 aromatic carbocycles. The Hall–Kier alpha value is -5.11. The highest BCUT2D eigenvalue weighted by molar-refractivity contribution is 5.99. The maximum absolute atomic E-state index is 13.3. The third kappa shape index (κ3) is 6.87. The molecule has 2 heterocycles. The number of hydrogen-bond acceptors (Lipinski definition) is 12. The lowest BCUT2D eigenvalue weighted by molar-refractivity contribution is -0.304. The standard InChI is InChI=1S/C34H35NO12/c1-17-25(44-32-27(38)29(46-33(35)40)30(42-5)34(2,3)47-32)13-12-22-26(37)23(31(39)45-28(17)22)16-24(36)18-8-6-10-20(14-18)43-21-11-7-9-19(15-21)41-4/h6-15,27,29-30,32,37-38H,16H2,1-5H3,(H2,35,40)/t27-,29+,30-,32-/m1/s1. The molecule has 1 aliphatic heterocycles. The molecule has 1 aliphatic rings. The summed E-state index contributed by atoms with van der Waals surface area (Å²) in [7, 11) is 2.92. The van der Waals surface area contributed by atoms with E-state index in [9.17, 15) is 24.6 Å². The fourth-order valence-corrected chi connectivity index (χ4v) is 5.55. The number of amides is 1. The van der Waals surface area contributed by atoms with Crippen molar-refractivity contribution < 1.29 is 52.6 Å². The van der Waals surface area contributed by atoms with E-state index in [-0.39, 0.29) is 27.8 Å². The number of carbonyl (C=O) groups is 2. The Morgan fingerprint density at radius 2 is 1.68 bits per heavy atom. The Bertz CT molecular complexity index is 1870. The van der Waals surface area contributed by atoms with Crippen molar-refractivity contribution in [1.29, 1.82) is 0 Å². The summed E-state index contributed by atoms with van der Waals surface area (Å²) < 4.78 is 39.1. The molecule has 248 valence electrons. The monoisotopic (exact) mass is 649 g/mol. The number of aliphatic hydroxyl groups is 1. The number of nitrogens with two attached hydrogens (primary N) is 1. The number of Topliss-reactive ketones (excluding diaryl/α,β-unsaturated/α-hetero) is 1. The summed E-state index contributed by atoms with van der Waals surface area (Å²) in [6.45, 7) is 4.91. The van der Waals surface area contributed by atoms with Crippen LogP contribution in [0.2, 0.25) is 0 Å². The molecule has 47 heavy (non-hydrogen) atoms. The van der Waals surface area contributed by atoms with Crippen molar-refractivity contribution in [3.8, 4) is 28.7 Å². The predicted octanol–water partition coefficient (Wildman–Crippen LogP) is 4.39. The van der Waals surface area contributed by atoms with Gasteiger partial charge >= 0.3 is 11.7 Å². The molecule has 0 unspecified atom stereocenters. The number of aliphatic hydroxyl groups excluding tert-OH is 1. The maximum Gasteiger partial charge on any atom is 0.404 e. The molecular formula is C34H35NO12. The molecule has 1 aromatic heterocycles. The van der Waals surface area contributed by atoms with E-state index in [2.05, 4.69) is 0 Å². The van der Waals surface area contributed by atoms with Gasteiger partial charge in [0.25, 0.3) is 0 Å². The second-order valence-corrected chi connectivity index (χ2v) is 11.4. The van der Waals surface area contributed by atoms with Gasteiger partial charge in [-0.3, -0.25) is 4.79 Å². The normalized spacial score (nSPS) is 20.4. The number of rotatable bonds is 10. The van der Waals surface area contributed by atoms with Crippen molar-refractivity contribution in [2.75, 3.05) is 14.2 Å². The van der Waals surface area contributed by atoms with E-state index in [1.807, 2.05) is 0 Å². The quantitative estimate of drug-likeness (QED) is 0.163. The molecule has 0 spiro atoms. The number of ether oxygens (including phenoxy) is 6. The van der Waals surface area contributed by atoms with Crippen molar-refractivity contribution in [2.45, 2.75) is 57.4 Å². The van der Waals surface area contributed by atoms with E-state index in [0.717, 1.165) is 0 Å². The zero-order valence-electron chi connectivity index (χ0n) is 26.3. The van der Waals surface area contributed by atoms with E-state index in [4.69, 9.17) is 38.6 Å². The van der Waals surface area contributed by atoms with Gasteiger partial charge in [-0.15, -0.1) is 0 Å². The number of aromatic hydroxyl groups is 1. The summed E-state index contributed by atoms with van der Waals surface area (Å²) in [5.74, 6) is 0.776. The van der Waals surface area contributed by atoms with Crippen LogP contribution in [0.15, 0.2) is 69.9 Å². The second kappa shape index (κ2) is 13.3. The van der Waals surface area contributed by atoms with Gasteiger partial charge in [0, 0.05) is 30.7 Å². The van der Waals surface area contributed by atoms with Crippen LogP contribution in [0.5, 0.6) is 28.7 Å². The van der Waals surface area contributed by atoms with Gasteiger partial charge in [-0.25, -0.2) is 9.59 Å². The van der Waals surface area contributed by atoms with E-state index >= 15 is 0 Å². The minimum absolute atomic E-state index is 0.000788. The predicted molar refractivity (Wildman–Crippen MR) is 167 cm³/mol. The van der Waals surface area contributed by atoms with Gasteiger partial charge in [-0.1, -0.05) is 18.2 Å². The average molecular weight is 650 g/mol. The third-order valence-corrected chi connectivity index (χ3v) is 7.88. The first-order valence-corrected chi connectivity index (χ1v) is 14.6. The lowest BCUT2D eigenvalue weighted by atomic mass is 9.89. The topological polar surface area (TPSA) is 186 Å². The van der Waals surface area contributed by atoms with Crippen LogP contribution in [-0.2, 0) is 20.6 Å². The molecule has 13 heteroatoms. The summed E-state index contributed by atoms with van der Waals surface area (Å²) in [5, 5.41) is 22.2. The van der Waals surface area contributed by atoms with Gasteiger partial charge in [-0.05, 0) is 57.2 Å². The highest BCUT2D eigenvalue weighted by atomic mass is 16.7. The highest BCUT2D eigenvalue weighted by Gasteiger charge is 2.53. The summed E-state index contributed by atoms with van der Waals surface area (Å²) >= 11 is 0. The molecule has 4 atom stereocenters. The number of fused-ring (bicyclic) bond motifs is 1. The average Bonchev–Trinajstić information content (AvgIpc) is 3.03. The van der Waals surface area contributed by atoms with Crippen molar-refractivity contribution in [3.63, 3.8) is 0 Å². The Balaban J connectivity index is 1.38. The van der Waals surface area contributed by atoms with Crippen LogP contribution in [0, 0.1) is 6.92 Å². The third-order valence-electron chi connectivity index (χ3n) is 7.88. The van der Waals surface area contributed by atoms with Crippen LogP contribution in [0.3, 0.4) is 0 Å². The lowest BCUT2D eigenvalue weighted by Crippen LogP contribution is -2.65. The Morgan fingerprint density at radius 3 is 2.36 bits per heavy atom. The number of ketones is 1. The smallest absolute Gasteiger partial charge is 0.404 e. The first-order chi connectivity index (χ1) is 22.3. The molecule has 1 fully saturated rings. The molecule has 13 nitrogen and oxygen atoms in total. The molecular weight excluding hydrogens is 614 g/mol. The molecule has 1 amide bonds. The zero-order chi connectivity index (χ0) is 34.0. The molecule has 0 radical (unpaired) electrons. The summed E-state index contributed by atoms with van der Waals surface area (Å²) in [6.07, 6.45) is -6.51. The zero-order valence-corrected chi connectivity index (χ0v) is 26.3. The molecule has 4 N–H and O–H groups in total. The minimum atomic E-state index is -1.51. The summed E-state index contributed by atoms with van der Waals surface area (Å²) in [4.78, 5) is 37.9. The Kier molecular flexibility index (Phi) is 9.43. The van der Waals surface area contributed by atoms with Crippen LogP contribution >= 0.6 is 0 Å². The number of benzene rings is 3. The Morgan fingerprint density at radius 1 is 1.00 bits per heavy atom. The van der Waals surface area contributed by atoms with Crippen molar-refractivity contribution >= 4 is 22.8 Å². The molecule has 4 aromatic rings. The van der Waals surface area contributed by atoms with Crippen molar-refractivity contribution in [3.05, 3.63) is 87.8 Å². The van der Waals surface area contributed by atoms with E-state index in [0.29, 0.717) is 22.8 Å². The number of primary amides is 1. The van der Waals surface area contributed by atoms with Gasteiger partial charge in [0.05, 0.1) is 23.7 Å². The van der Waals surface area contributed by atoms with Crippen molar-refractivity contribution in [2.24, 2.45) is 5.73 Å². The van der Waals surface area contributed by atoms with Crippen molar-refractivity contribution in [1.82, 2.24) is 0 Å². The molecule has 0 saturated carbocycles. The largest absolute Gasteiger partial charge is 0.507 e. The first-order valence-electron chi connectivity index (χ1n) is 14.6. The second-order valence-electron chi connectivity index (χ2n) is 11.4. The SMILES string of the molecule is COc1cccc(Oc2cccc(C(=O)Cc3c(O)c4ccc(O[C@@H]5OC(C)(C)[C@H](OC)[C@@H](OC(N)=O)[C@H]5O)c(C)c4oc3=O)c2)c1. The van der Waals surface area contributed by atoms with E-state index < -0.39 is 59.9 Å². The molecule has 0 bridgehead atoms. The molecule has 5 rings (SSSR count). The molecule has 0 aliphatic carbocycles. The van der Waals surface area contributed by atoms with E-state index in [1.54, 1.807) is 70.3 Å². The van der Waals surface area contributed by atoms with Gasteiger partial charge in [0.15, 0.2) is 18.0 Å². The number of carbonyl (C=O) groups excluding carboxylic acids is 2. The van der Waals surface area contributed by atoms with Gasteiger partial charge in [-0.2, -0.15) is 0 Å². The lowest BCUT2D eigenvalue weighted by Gasteiger charge is -2.47. The highest BCUT2D eigenvalue weighted by Crippen LogP contribution is 2.38. The minimum Gasteiger partial charge on any atom is -0.507 e. The van der Waals surface area contributed by atoms with Crippen LogP contribution in [0.4, 0.5) is 4.79 Å². The van der Waals surface area contributed by atoms with Gasteiger partial charge < -0.3 is 48.8 Å². The Labute approximate surface area is 269 Å². The van der Waals surface area contributed by atoms with Crippen LogP contribution < -0.4 is 25.6 Å². The van der Waals surface area contributed by atoms with Crippen LogP contribution in [0.25, 0.3) is 11.0 Å². The maximum atomic E-state index is 13.3. The first kappa shape index (κ1) is 33.3. The number of methoxy groups -OCH3 is 2.